The van der Waals surface area contributed by atoms with Gasteiger partial charge >= 0.3 is 0 Å². The van der Waals surface area contributed by atoms with Gasteiger partial charge in [-0.05, 0) is 133 Å². The van der Waals surface area contributed by atoms with Crippen LogP contribution in [0.3, 0.4) is 0 Å². The maximum Gasteiger partial charge on any atom is -0.00199 e. The lowest BCUT2D eigenvalue weighted by atomic mass is 9.93. The zero-order valence-electron chi connectivity index (χ0n) is 20.5. The standard InChI is InChI=1S/C38H20/c1-3-9-23-17-31-29(15-21(23)7-1)25-11-5-13-27-34-20-36-32-18-24-10-4-2-8-22(24)16-30(32)26-12-6-14-28(38(26)36)33(34)19-35(31)37(25)27/h1-20H. The lowest BCUT2D eigenvalue weighted by molar-refractivity contribution is 1.81. The normalized spacial score (nSPS) is 12.7. The summed E-state index contributed by atoms with van der Waals surface area (Å²) in [5.74, 6) is 0. The first-order chi connectivity index (χ1) is 18.8. The van der Waals surface area contributed by atoms with Gasteiger partial charge in [0.25, 0.3) is 0 Å². The molecule has 0 amide bonds. The van der Waals surface area contributed by atoms with Crippen molar-refractivity contribution in [1.29, 1.82) is 0 Å². The molecule has 0 spiro atoms. The van der Waals surface area contributed by atoms with Gasteiger partial charge in [-0.3, -0.25) is 0 Å². The first-order valence-corrected chi connectivity index (χ1v) is 13.4. The topological polar surface area (TPSA) is 0 Å². The molecule has 0 aliphatic heterocycles. The Morgan fingerprint density at radius 2 is 0.500 bits per heavy atom. The SMILES string of the molecule is c1ccc2cc3c(cc2c1)c1cccc2c4cc5c6cc7ccccc7cc6c6cccc(c4cc3c12)c65. The molecule has 0 atom stereocenters. The molecule has 0 aliphatic carbocycles. The number of hydrogen-bond acceptors (Lipinski definition) is 0. The molecule has 0 unspecified atom stereocenters. The largest absolute Gasteiger partial charge is 0.0616 e. The third kappa shape index (κ3) is 2.20. The number of fused-ring (bicyclic) bond motifs is 11. The maximum atomic E-state index is 2.48. The molecule has 0 heterocycles. The number of hydrogen-bond donors (Lipinski definition) is 0. The van der Waals surface area contributed by atoms with Crippen molar-refractivity contribution in [3.05, 3.63) is 121 Å². The molecule has 172 valence electrons. The van der Waals surface area contributed by atoms with Crippen molar-refractivity contribution in [2.24, 2.45) is 0 Å². The smallest absolute Gasteiger partial charge is 0.00199 e. The van der Waals surface area contributed by atoms with E-state index < -0.39 is 0 Å². The summed E-state index contributed by atoms with van der Waals surface area (Å²) < 4.78 is 0. The quantitative estimate of drug-likeness (QED) is 0.191. The zero-order valence-corrected chi connectivity index (χ0v) is 20.5. The fourth-order valence-electron chi connectivity index (χ4n) is 7.41. The van der Waals surface area contributed by atoms with Crippen molar-refractivity contribution in [1.82, 2.24) is 0 Å². The van der Waals surface area contributed by atoms with Crippen LogP contribution in [0.4, 0.5) is 0 Å². The Hall–Kier alpha value is -4.94. The van der Waals surface area contributed by atoms with Crippen molar-refractivity contribution >= 4 is 97.0 Å². The van der Waals surface area contributed by atoms with Gasteiger partial charge in [-0.25, -0.2) is 0 Å². The van der Waals surface area contributed by atoms with Crippen LogP contribution in [-0.2, 0) is 0 Å². The highest BCUT2D eigenvalue weighted by atomic mass is 14.2. The minimum atomic E-state index is 1.30. The van der Waals surface area contributed by atoms with Gasteiger partial charge in [0.15, 0.2) is 0 Å². The third-order valence-corrected chi connectivity index (χ3v) is 9.05. The minimum absolute atomic E-state index is 1.30. The van der Waals surface area contributed by atoms with Crippen molar-refractivity contribution in [2.45, 2.75) is 0 Å². The van der Waals surface area contributed by atoms with Crippen LogP contribution in [0, 0.1) is 0 Å². The Morgan fingerprint density at radius 3 is 0.842 bits per heavy atom. The highest BCUT2D eigenvalue weighted by molar-refractivity contribution is 6.41. The molecule has 0 N–H and O–H groups in total. The monoisotopic (exact) mass is 476 g/mol. The third-order valence-electron chi connectivity index (χ3n) is 9.05. The summed E-state index contributed by atoms with van der Waals surface area (Å²) in [5, 5.41) is 24.3. The summed E-state index contributed by atoms with van der Waals surface area (Å²) in [7, 11) is 0. The van der Waals surface area contributed by atoms with Gasteiger partial charge in [0.05, 0.1) is 0 Å². The zero-order chi connectivity index (χ0) is 24.5. The predicted molar refractivity (Wildman–Crippen MR) is 166 cm³/mol. The van der Waals surface area contributed by atoms with E-state index in [0.717, 1.165) is 0 Å². The summed E-state index contributed by atoms with van der Waals surface area (Å²) in [6.45, 7) is 0. The fourth-order valence-corrected chi connectivity index (χ4v) is 7.41. The molecule has 0 saturated heterocycles. The molecule has 0 nitrogen and oxygen atoms in total. The van der Waals surface area contributed by atoms with Gasteiger partial charge in [0.2, 0.25) is 0 Å². The van der Waals surface area contributed by atoms with Gasteiger partial charge in [-0.2, -0.15) is 0 Å². The van der Waals surface area contributed by atoms with Crippen LogP contribution in [0.15, 0.2) is 121 Å². The molecule has 10 aromatic rings. The van der Waals surface area contributed by atoms with E-state index in [0.29, 0.717) is 0 Å². The number of rotatable bonds is 0. The molecule has 10 rings (SSSR count). The molecule has 38 heavy (non-hydrogen) atoms. The van der Waals surface area contributed by atoms with E-state index in [1.807, 2.05) is 0 Å². The molecule has 0 aliphatic rings. The Labute approximate surface area is 218 Å². The van der Waals surface area contributed by atoms with E-state index in [1.54, 1.807) is 0 Å². The van der Waals surface area contributed by atoms with Gasteiger partial charge < -0.3 is 0 Å². The van der Waals surface area contributed by atoms with Crippen LogP contribution in [0.25, 0.3) is 97.0 Å². The lowest BCUT2D eigenvalue weighted by Crippen LogP contribution is -1.82. The Balaban J connectivity index is 1.48. The van der Waals surface area contributed by atoms with Crippen LogP contribution >= 0.6 is 0 Å². The summed E-state index contributed by atoms with van der Waals surface area (Å²) in [6.07, 6.45) is 0. The van der Waals surface area contributed by atoms with E-state index in [1.165, 1.54) is 97.0 Å². The molecular weight excluding hydrogens is 456 g/mol. The summed E-state index contributed by atoms with van der Waals surface area (Å²) in [6, 6.07) is 45.7. The van der Waals surface area contributed by atoms with E-state index >= 15 is 0 Å². The van der Waals surface area contributed by atoms with E-state index in [9.17, 15) is 0 Å². The van der Waals surface area contributed by atoms with Gasteiger partial charge in [-0.1, -0.05) is 84.9 Å². The van der Waals surface area contributed by atoms with Crippen LogP contribution in [0.1, 0.15) is 0 Å². The molecule has 10 aromatic carbocycles. The Morgan fingerprint density at radius 1 is 0.211 bits per heavy atom. The fraction of sp³-hybridized carbons (Fsp3) is 0. The highest BCUT2D eigenvalue weighted by Gasteiger charge is 2.19. The number of benzene rings is 8. The van der Waals surface area contributed by atoms with Crippen LogP contribution in [0.2, 0.25) is 0 Å². The van der Waals surface area contributed by atoms with Crippen molar-refractivity contribution < 1.29 is 0 Å². The Bertz CT molecular complexity index is 2420. The molecule has 0 fully saturated rings. The van der Waals surface area contributed by atoms with Gasteiger partial charge in [0, 0.05) is 0 Å². The predicted octanol–water partition coefficient (Wildman–Crippen LogP) is 10.9. The summed E-state index contributed by atoms with van der Waals surface area (Å²) in [5.41, 5.74) is 0. The average Bonchev–Trinajstić information content (AvgIpc) is 3.45. The van der Waals surface area contributed by atoms with Crippen LogP contribution in [-0.4, -0.2) is 0 Å². The maximum absolute atomic E-state index is 2.48. The second-order valence-corrected chi connectivity index (χ2v) is 10.9. The molecule has 0 saturated carbocycles. The first-order valence-electron chi connectivity index (χ1n) is 13.4. The molecule has 0 heteroatoms. The summed E-state index contributed by atoms with van der Waals surface area (Å²) in [4.78, 5) is 0. The van der Waals surface area contributed by atoms with E-state index in [2.05, 4.69) is 121 Å². The molecule has 0 bridgehead atoms. The average molecular weight is 477 g/mol. The van der Waals surface area contributed by atoms with Gasteiger partial charge in [-0.15, -0.1) is 0 Å². The highest BCUT2D eigenvalue weighted by Crippen LogP contribution is 2.48. The van der Waals surface area contributed by atoms with Crippen molar-refractivity contribution in [2.75, 3.05) is 0 Å². The van der Waals surface area contributed by atoms with Crippen molar-refractivity contribution in [3.8, 4) is 0 Å². The van der Waals surface area contributed by atoms with E-state index in [-0.39, 0.29) is 0 Å². The molecule has 0 aromatic heterocycles. The first kappa shape index (κ1) is 19.2. The van der Waals surface area contributed by atoms with Crippen LogP contribution < -0.4 is 0 Å². The molecular formula is C38H20. The summed E-state index contributed by atoms with van der Waals surface area (Å²) >= 11 is 0. The van der Waals surface area contributed by atoms with Gasteiger partial charge in [0.1, 0.15) is 0 Å². The second kappa shape index (κ2) is 6.49. The lowest BCUT2D eigenvalue weighted by Gasteiger charge is -2.10. The Kier molecular flexibility index (Phi) is 3.28. The minimum Gasteiger partial charge on any atom is -0.0616 e. The van der Waals surface area contributed by atoms with Crippen molar-refractivity contribution in [3.63, 3.8) is 0 Å². The second-order valence-electron chi connectivity index (χ2n) is 10.9. The van der Waals surface area contributed by atoms with Crippen LogP contribution in [0.5, 0.6) is 0 Å². The van der Waals surface area contributed by atoms with E-state index in [4.69, 9.17) is 0 Å². The molecule has 0 radical (unpaired) electrons.